The van der Waals surface area contributed by atoms with Crippen molar-refractivity contribution in [1.29, 1.82) is 0 Å². The minimum Gasteiger partial charge on any atom is -0.486 e. The molecule has 198 valence electrons. The quantitative estimate of drug-likeness (QED) is 0.184. The molecule has 2 heterocycles. The number of ether oxygens (including phenoxy) is 2. The Bertz CT molecular complexity index is 1400. The summed E-state index contributed by atoms with van der Waals surface area (Å²) in [4.78, 5) is 25.3. The highest BCUT2D eigenvalue weighted by Gasteiger charge is 2.23. The van der Waals surface area contributed by atoms with Crippen molar-refractivity contribution in [3.8, 4) is 16.9 Å². The van der Waals surface area contributed by atoms with Crippen LogP contribution < -0.4 is 10.1 Å². The highest BCUT2D eigenvalue weighted by atomic mass is 32.2. The van der Waals surface area contributed by atoms with E-state index in [-0.39, 0.29) is 29.6 Å². The number of anilines is 1. The largest absolute Gasteiger partial charge is 0.486 e. The predicted molar refractivity (Wildman–Crippen MR) is 146 cm³/mol. The van der Waals surface area contributed by atoms with E-state index < -0.39 is 5.97 Å². The number of halogens is 1. The lowest BCUT2D eigenvalue weighted by molar-refractivity contribution is -0.113. The van der Waals surface area contributed by atoms with Gasteiger partial charge in [-0.15, -0.1) is 21.5 Å². The molecule has 11 heteroatoms. The van der Waals surface area contributed by atoms with Gasteiger partial charge in [0.15, 0.2) is 11.0 Å². The maximum absolute atomic E-state index is 13.4. The molecule has 1 N–H and O–H groups in total. The third kappa shape index (κ3) is 6.40. The Morgan fingerprint density at radius 1 is 1.08 bits per heavy atom. The molecule has 0 spiro atoms. The molecule has 0 unspecified atom stereocenters. The molecule has 0 fully saturated rings. The van der Waals surface area contributed by atoms with E-state index in [1.165, 1.54) is 47.9 Å². The Hall–Kier alpha value is -3.70. The fourth-order valence-corrected chi connectivity index (χ4v) is 5.50. The first-order valence-electron chi connectivity index (χ1n) is 12.0. The van der Waals surface area contributed by atoms with Crippen molar-refractivity contribution in [1.82, 2.24) is 14.8 Å². The van der Waals surface area contributed by atoms with E-state index in [0.717, 1.165) is 12.2 Å². The number of amides is 1. The SMILES string of the molecule is CCc1ccc(OCc2nnc(SCC(=O)Nc3scc(-c4ccc(F)cc4)c3C(=O)OC)n2CC)cc1. The molecule has 4 aromatic rings. The molecule has 1 amide bonds. The fraction of sp³-hybridized carbons (Fsp3) is 0.259. The van der Waals surface area contributed by atoms with Gasteiger partial charge in [-0.05, 0) is 48.7 Å². The van der Waals surface area contributed by atoms with Crippen molar-refractivity contribution in [3.05, 3.63) is 76.7 Å². The van der Waals surface area contributed by atoms with Crippen LogP contribution in [0.25, 0.3) is 11.1 Å². The van der Waals surface area contributed by atoms with Gasteiger partial charge < -0.3 is 19.4 Å². The van der Waals surface area contributed by atoms with Gasteiger partial charge in [-0.1, -0.05) is 43.0 Å². The number of nitrogens with zero attached hydrogens (tertiary/aromatic N) is 3. The number of thioether (sulfide) groups is 1. The van der Waals surface area contributed by atoms with Crippen LogP contribution in [-0.2, 0) is 29.1 Å². The molecule has 0 saturated heterocycles. The van der Waals surface area contributed by atoms with Crippen LogP contribution >= 0.6 is 23.1 Å². The summed E-state index contributed by atoms with van der Waals surface area (Å²) in [5, 5.41) is 14.0. The first kappa shape index (κ1) is 27.3. The van der Waals surface area contributed by atoms with Crippen LogP contribution in [0.15, 0.2) is 59.1 Å². The fourth-order valence-electron chi connectivity index (χ4n) is 3.71. The van der Waals surface area contributed by atoms with E-state index in [2.05, 4.69) is 22.4 Å². The highest BCUT2D eigenvalue weighted by molar-refractivity contribution is 7.99. The van der Waals surface area contributed by atoms with Gasteiger partial charge in [-0.25, -0.2) is 9.18 Å². The summed E-state index contributed by atoms with van der Waals surface area (Å²) >= 11 is 2.44. The highest BCUT2D eigenvalue weighted by Crippen LogP contribution is 2.36. The average Bonchev–Trinajstić information content (AvgIpc) is 3.54. The van der Waals surface area contributed by atoms with Gasteiger partial charge in [0.25, 0.3) is 0 Å². The number of hydrogen-bond acceptors (Lipinski definition) is 8. The number of thiophene rings is 1. The number of carbonyl (C=O) groups excluding carboxylic acids is 2. The first-order chi connectivity index (χ1) is 18.4. The number of aromatic nitrogens is 3. The van der Waals surface area contributed by atoms with E-state index in [1.807, 2.05) is 35.8 Å². The topological polar surface area (TPSA) is 95.3 Å². The van der Waals surface area contributed by atoms with E-state index >= 15 is 0 Å². The molecule has 38 heavy (non-hydrogen) atoms. The molecule has 0 aliphatic rings. The Morgan fingerprint density at radius 2 is 1.82 bits per heavy atom. The molecule has 4 rings (SSSR count). The maximum Gasteiger partial charge on any atom is 0.341 e. The molecule has 0 bridgehead atoms. The molecular formula is C27H27FN4O4S2. The van der Waals surface area contributed by atoms with Gasteiger partial charge in [0.2, 0.25) is 5.91 Å². The van der Waals surface area contributed by atoms with Crippen molar-refractivity contribution in [3.63, 3.8) is 0 Å². The Labute approximate surface area is 228 Å². The summed E-state index contributed by atoms with van der Waals surface area (Å²) in [5.41, 5.74) is 2.67. The molecule has 0 aliphatic carbocycles. The van der Waals surface area contributed by atoms with Crippen LogP contribution in [0.3, 0.4) is 0 Å². The summed E-state index contributed by atoms with van der Waals surface area (Å²) in [5.74, 6) is 0.181. The molecule has 0 aliphatic heterocycles. The zero-order chi connectivity index (χ0) is 27.1. The standard InChI is InChI=1S/C27H27FN4O4S2/c1-4-17-6-12-20(13-7-17)36-14-22-30-31-27(32(22)5-2)38-16-23(33)29-25-24(26(34)35-3)21(15-37-25)18-8-10-19(28)11-9-18/h6-13,15H,4-5,14,16H2,1-3H3,(H,29,33). The number of benzene rings is 2. The van der Waals surface area contributed by atoms with Crippen molar-refractivity contribution in [2.24, 2.45) is 0 Å². The van der Waals surface area contributed by atoms with Crippen molar-refractivity contribution >= 4 is 40.0 Å². The van der Waals surface area contributed by atoms with Crippen molar-refractivity contribution in [2.45, 2.75) is 38.6 Å². The summed E-state index contributed by atoms with van der Waals surface area (Å²) in [6.45, 7) is 4.94. The lowest BCUT2D eigenvalue weighted by atomic mass is 10.0. The smallest absolute Gasteiger partial charge is 0.341 e. The number of aryl methyl sites for hydroxylation is 1. The van der Waals surface area contributed by atoms with Crippen LogP contribution in [0.5, 0.6) is 5.75 Å². The average molecular weight is 555 g/mol. The van der Waals surface area contributed by atoms with Gasteiger partial charge >= 0.3 is 5.97 Å². The van der Waals surface area contributed by atoms with Gasteiger partial charge in [0.05, 0.1) is 12.9 Å². The maximum atomic E-state index is 13.4. The van der Waals surface area contributed by atoms with Crippen molar-refractivity contribution in [2.75, 3.05) is 18.2 Å². The van der Waals surface area contributed by atoms with Crippen LogP contribution in [0.4, 0.5) is 9.39 Å². The van der Waals surface area contributed by atoms with E-state index in [9.17, 15) is 14.0 Å². The molecular weight excluding hydrogens is 527 g/mol. The third-order valence-corrected chi connectivity index (χ3v) is 7.59. The molecule has 0 saturated carbocycles. The molecule has 0 atom stereocenters. The zero-order valence-electron chi connectivity index (χ0n) is 21.2. The number of hydrogen-bond donors (Lipinski definition) is 1. The van der Waals surface area contributed by atoms with Gasteiger partial charge in [0.1, 0.15) is 28.7 Å². The lowest BCUT2D eigenvalue weighted by Gasteiger charge is -2.10. The summed E-state index contributed by atoms with van der Waals surface area (Å²) in [6, 6.07) is 13.7. The molecule has 8 nitrogen and oxygen atoms in total. The third-order valence-electron chi connectivity index (χ3n) is 5.73. The Balaban J connectivity index is 1.41. The minimum atomic E-state index is -0.590. The van der Waals surface area contributed by atoms with Gasteiger partial charge in [-0.2, -0.15) is 0 Å². The van der Waals surface area contributed by atoms with Crippen LogP contribution in [-0.4, -0.2) is 39.5 Å². The van der Waals surface area contributed by atoms with E-state index in [4.69, 9.17) is 9.47 Å². The summed E-state index contributed by atoms with van der Waals surface area (Å²) in [7, 11) is 1.27. The second-order valence-electron chi connectivity index (χ2n) is 8.12. The number of rotatable bonds is 11. The number of methoxy groups -OCH3 is 1. The second-order valence-corrected chi connectivity index (χ2v) is 9.94. The molecule has 2 aromatic heterocycles. The zero-order valence-corrected chi connectivity index (χ0v) is 22.8. The summed E-state index contributed by atoms with van der Waals surface area (Å²) in [6.07, 6.45) is 0.963. The van der Waals surface area contributed by atoms with E-state index in [0.29, 0.717) is 33.7 Å². The van der Waals surface area contributed by atoms with Gasteiger partial charge in [0, 0.05) is 17.5 Å². The molecule has 2 aromatic carbocycles. The van der Waals surface area contributed by atoms with Crippen LogP contribution in [0.2, 0.25) is 0 Å². The number of nitrogens with one attached hydrogen (secondary N) is 1. The van der Waals surface area contributed by atoms with E-state index in [1.54, 1.807) is 17.5 Å². The number of carbonyl (C=O) groups is 2. The Kier molecular flexibility index (Phi) is 9.14. The normalized spacial score (nSPS) is 10.8. The van der Waals surface area contributed by atoms with Crippen LogP contribution in [0.1, 0.15) is 35.6 Å². The minimum absolute atomic E-state index is 0.0574. The number of esters is 1. The second kappa shape index (κ2) is 12.7. The Morgan fingerprint density at radius 3 is 2.47 bits per heavy atom. The van der Waals surface area contributed by atoms with Gasteiger partial charge in [-0.3, -0.25) is 4.79 Å². The summed E-state index contributed by atoms with van der Waals surface area (Å²) < 4.78 is 26.1. The predicted octanol–water partition coefficient (Wildman–Crippen LogP) is 5.82. The first-order valence-corrected chi connectivity index (χ1v) is 13.8. The van der Waals surface area contributed by atoms with Crippen molar-refractivity contribution < 1.29 is 23.5 Å². The lowest BCUT2D eigenvalue weighted by Crippen LogP contribution is -2.16. The van der Waals surface area contributed by atoms with Crippen LogP contribution in [0, 0.1) is 5.82 Å². The monoisotopic (exact) mass is 554 g/mol. The molecule has 0 radical (unpaired) electrons.